The van der Waals surface area contributed by atoms with Crippen LogP contribution in [0.5, 0.6) is 0 Å². The third-order valence-electron chi connectivity index (χ3n) is 3.47. The van der Waals surface area contributed by atoms with Crippen molar-refractivity contribution in [2.24, 2.45) is 5.41 Å². The van der Waals surface area contributed by atoms with E-state index in [1.807, 2.05) is 13.0 Å². The maximum absolute atomic E-state index is 11.9. The van der Waals surface area contributed by atoms with E-state index in [1.165, 1.54) is 0 Å². The van der Waals surface area contributed by atoms with E-state index in [9.17, 15) is 9.59 Å². The van der Waals surface area contributed by atoms with Gasteiger partial charge in [-0.05, 0) is 25.3 Å². The molecule has 0 aliphatic heterocycles. The van der Waals surface area contributed by atoms with Gasteiger partial charge in [0.05, 0.1) is 0 Å². The van der Waals surface area contributed by atoms with Crippen LogP contribution in [0.1, 0.15) is 32.6 Å². The highest BCUT2D eigenvalue weighted by Gasteiger charge is 2.50. The Morgan fingerprint density at radius 2 is 1.86 bits per heavy atom. The van der Waals surface area contributed by atoms with Gasteiger partial charge in [-0.2, -0.15) is 0 Å². The number of carbonyl (C=O) groups is 2. The third-order valence-corrected chi connectivity index (χ3v) is 3.47. The fourth-order valence-corrected chi connectivity index (χ4v) is 2.45. The Bertz CT molecular complexity index is 345. The molecule has 0 N–H and O–H groups in total. The summed E-state index contributed by atoms with van der Waals surface area (Å²) in [5, 5.41) is 0. The van der Waals surface area contributed by atoms with Gasteiger partial charge in [-0.25, -0.2) is 0 Å². The van der Waals surface area contributed by atoms with Crippen molar-refractivity contribution in [3.8, 4) is 0 Å². The maximum atomic E-state index is 11.9. The van der Waals surface area contributed by atoms with Crippen molar-refractivity contribution in [2.45, 2.75) is 32.6 Å². The summed E-state index contributed by atoms with van der Waals surface area (Å²) in [4.78, 5) is 23.7. The summed E-state index contributed by atoms with van der Waals surface area (Å²) in [5.74, 6) is 0.152. The highest BCUT2D eigenvalue weighted by Crippen LogP contribution is 2.47. The summed E-state index contributed by atoms with van der Waals surface area (Å²) in [6.07, 6.45) is 4.29. The summed E-state index contributed by atoms with van der Waals surface area (Å²) in [6.45, 7) is 5.83. The van der Waals surface area contributed by atoms with Crippen LogP contribution in [0, 0.1) is 5.41 Å². The van der Waals surface area contributed by atoms with E-state index in [2.05, 4.69) is 6.58 Å². The molecule has 2 aliphatic rings. The molecular weight excluding hydrogens is 176 g/mol. The van der Waals surface area contributed by atoms with Gasteiger partial charge < -0.3 is 0 Å². The molecule has 2 rings (SSSR count). The Morgan fingerprint density at radius 3 is 2.29 bits per heavy atom. The van der Waals surface area contributed by atoms with Gasteiger partial charge in [0.15, 0.2) is 11.6 Å². The molecule has 74 valence electrons. The van der Waals surface area contributed by atoms with E-state index >= 15 is 0 Å². The zero-order chi connectivity index (χ0) is 10.3. The molecule has 2 aliphatic carbocycles. The Balaban J connectivity index is 2.44. The lowest BCUT2D eigenvalue weighted by molar-refractivity contribution is -0.140. The van der Waals surface area contributed by atoms with Crippen LogP contribution in [-0.2, 0) is 9.59 Å². The third kappa shape index (κ3) is 0.969. The van der Waals surface area contributed by atoms with Crippen LogP contribution < -0.4 is 0 Å². The van der Waals surface area contributed by atoms with Gasteiger partial charge in [-0.1, -0.05) is 18.2 Å². The first-order valence-corrected chi connectivity index (χ1v) is 5.02. The highest BCUT2D eigenvalue weighted by molar-refractivity contribution is 6.13. The minimum atomic E-state index is -0.845. The zero-order valence-electron chi connectivity index (χ0n) is 8.43. The SMILES string of the molecule is C=C1C(C)=CCC12C(=O)CCCC2=O. The molecule has 0 heterocycles. The molecule has 0 atom stereocenters. The molecule has 2 heteroatoms. The minimum Gasteiger partial charge on any atom is -0.298 e. The average Bonchev–Trinajstić information content (AvgIpc) is 2.43. The Hall–Kier alpha value is -1.18. The first-order valence-electron chi connectivity index (χ1n) is 5.02. The van der Waals surface area contributed by atoms with Gasteiger partial charge in [0.25, 0.3) is 0 Å². The Kier molecular flexibility index (Phi) is 1.95. The lowest BCUT2D eigenvalue weighted by Gasteiger charge is -2.31. The molecule has 0 unspecified atom stereocenters. The van der Waals surface area contributed by atoms with Crippen molar-refractivity contribution < 1.29 is 9.59 Å². The topological polar surface area (TPSA) is 34.1 Å². The fourth-order valence-electron chi connectivity index (χ4n) is 2.45. The number of allylic oxidation sites excluding steroid dienone is 3. The van der Waals surface area contributed by atoms with Crippen LogP contribution in [0.2, 0.25) is 0 Å². The van der Waals surface area contributed by atoms with Crippen LogP contribution in [0.25, 0.3) is 0 Å². The normalized spacial score (nSPS) is 25.8. The van der Waals surface area contributed by atoms with E-state index in [4.69, 9.17) is 0 Å². The van der Waals surface area contributed by atoms with Crippen LogP contribution in [-0.4, -0.2) is 11.6 Å². The van der Waals surface area contributed by atoms with Crippen molar-refractivity contribution in [1.82, 2.24) is 0 Å². The molecule has 2 nitrogen and oxygen atoms in total. The second-order valence-corrected chi connectivity index (χ2v) is 4.18. The van der Waals surface area contributed by atoms with Crippen LogP contribution in [0.4, 0.5) is 0 Å². The lowest BCUT2D eigenvalue weighted by Crippen LogP contribution is -2.41. The summed E-state index contributed by atoms with van der Waals surface area (Å²) in [6, 6.07) is 0. The Labute approximate surface area is 83.7 Å². The summed E-state index contributed by atoms with van der Waals surface area (Å²) in [5.41, 5.74) is 0.906. The molecule has 0 aromatic rings. The summed E-state index contributed by atoms with van der Waals surface area (Å²) >= 11 is 0. The van der Waals surface area contributed by atoms with E-state index in [1.54, 1.807) is 0 Å². The monoisotopic (exact) mass is 190 g/mol. The largest absolute Gasteiger partial charge is 0.298 e. The van der Waals surface area contributed by atoms with Gasteiger partial charge in [0.1, 0.15) is 5.41 Å². The van der Waals surface area contributed by atoms with Gasteiger partial charge in [0, 0.05) is 12.8 Å². The van der Waals surface area contributed by atoms with Gasteiger partial charge in [-0.3, -0.25) is 9.59 Å². The van der Waals surface area contributed by atoms with Gasteiger partial charge in [0.2, 0.25) is 0 Å². The van der Waals surface area contributed by atoms with Crippen molar-refractivity contribution in [2.75, 3.05) is 0 Å². The number of ketones is 2. The summed E-state index contributed by atoms with van der Waals surface area (Å²) < 4.78 is 0. The number of Topliss-reactive ketones (excluding diaryl/α,β-unsaturated/α-hetero) is 2. The number of rotatable bonds is 0. The van der Waals surface area contributed by atoms with E-state index in [-0.39, 0.29) is 11.6 Å². The summed E-state index contributed by atoms with van der Waals surface area (Å²) in [7, 11) is 0. The van der Waals surface area contributed by atoms with E-state index in [0.29, 0.717) is 25.7 Å². The molecule has 1 spiro atoms. The van der Waals surface area contributed by atoms with Crippen molar-refractivity contribution in [1.29, 1.82) is 0 Å². The molecule has 0 aromatic carbocycles. The second-order valence-electron chi connectivity index (χ2n) is 4.18. The predicted molar refractivity (Wildman–Crippen MR) is 53.8 cm³/mol. The van der Waals surface area contributed by atoms with Crippen LogP contribution in [0.15, 0.2) is 23.8 Å². The second kappa shape index (κ2) is 2.91. The molecule has 0 amide bonds. The molecule has 14 heavy (non-hydrogen) atoms. The standard InChI is InChI=1S/C12H14O2/c1-8-6-7-12(9(8)2)10(13)4-3-5-11(12)14/h6H,2-5,7H2,1H3. The fraction of sp³-hybridized carbons (Fsp3) is 0.500. The first-order chi connectivity index (χ1) is 6.59. The number of hydrogen-bond acceptors (Lipinski definition) is 2. The quantitative estimate of drug-likeness (QED) is 0.549. The van der Waals surface area contributed by atoms with Crippen molar-refractivity contribution >= 4 is 11.6 Å². The van der Waals surface area contributed by atoms with E-state index < -0.39 is 5.41 Å². The lowest BCUT2D eigenvalue weighted by atomic mass is 9.67. The maximum Gasteiger partial charge on any atom is 0.151 e. The highest BCUT2D eigenvalue weighted by atomic mass is 16.2. The molecule has 0 bridgehead atoms. The van der Waals surface area contributed by atoms with Crippen LogP contribution in [0.3, 0.4) is 0 Å². The minimum absolute atomic E-state index is 0.0758. The molecule has 1 fully saturated rings. The van der Waals surface area contributed by atoms with Crippen molar-refractivity contribution in [3.05, 3.63) is 23.8 Å². The molecule has 0 aromatic heterocycles. The molecule has 0 saturated heterocycles. The number of carbonyl (C=O) groups excluding carboxylic acids is 2. The van der Waals surface area contributed by atoms with Crippen molar-refractivity contribution in [3.63, 3.8) is 0 Å². The van der Waals surface area contributed by atoms with Crippen LogP contribution >= 0.6 is 0 Å². The van der Waals surface area contributed by atoms with Gasteiger partial charge >= 0.3 is 0 Å². The average molecular weight is 190 g/mol. The molecule has 0 radical (unpaired) electrons. The number of hydrogen-bond donors (Lipinski definition) is 0. The predicted octanol–water partition coefficient (Wildman–Crippen LogP) is 2.20. The smallest absolute Gasteiger partial charge is 0.151 e. The zero-order valence-corrected chi connectivity index (χ0v) is 8.43. The molecular formula is C12H14O2. The Morgan fingerprint density at radius 1 is 1.29 bits per heavy atom. The van der Waals surface area contributed by atoms with Gasteiger partial charge in [-0.15, -0.1) is 0 Å². The molecule has 1 saturated carbocycles. The first kappa shape index (κ1) is 9.38. The van der Waals surface area contributed by atoms with E-state index in [0.717, 1.165) is 11.1 Å².